The normalized spacial score (nSPS) is 15.0. The third-order valence-corrected chi connectivity index (χ3v) is 3.48. The third-order valence-electron chi connectivity index (χ3n) is 3.48. The van der Waals surface area contributed by atoms with E-state index in [-0.39, 0.29) is 12.7 Å². The van der Waals surface area contributed by atoms with Gasteiger partial charge in [0.2, 0.25) is 0 Å². The maximum absolute atomic E-state index is 10.9. The van der Waals surface area contributed by atoms with Crippen LogP contribution in [-0.4, -0.2) is 25.2 Å². The summed E-state index contributed by atoms with van der Waals surface area (Å²) < 4.78 is 10.2. The molecule has 0 bridgehead atoms. The molecule has 0 spiro atoms. The van der Waals surface area contributed by atoms with Crippen molar-refractivity contribution >= 4 is 18.1 Å². The number of hydrogen-bond acceptors (Lipinski definition) is 4. The molecule has 0 N–H and O–H groups in total. The van der Waals surface area contributed by atoms with Crippen LogP contribution >= 0.6 is 0 Å². The number of ether oxygens (including phenoxy) is 2. The Hall–Kier alpha value is -2.68. The van der Waals surface area contributed by atoms with Crippen LogP contribution < -0.4 is 10.6 Å². The molecule has 1 aromatic heterocycles. The molecule has 1 heterocycles. The molecular formula is C20H21NO3. The van der Waals surface area contributed by atoms with Crippen LogP contribution in [0.25, 0.3) is 11.8 Å². The Labute approximate surface area is 141 Å². The van der Waals surface area contributed by atoms with Crippen molar-refractivity contribution in [3.05, 3.63) is 70.1 Å². The van der Waals surface area contributed by atoms with Crippen molar-refractivity contribution in [2.45, 2.75) is 19.8 Å². The van der Waals surface area contributed by atoms with Crippen molar-refractivity contribution < 1.29 is 14.3 Å². The van der Waals surface area contributed by atoms with Crippen LogP contribution in [0.1, 0.15) is 25.5 Å². The summed E-state index contributed by atoms with van der Waals surface area (Å²) >= 11 is 0. The summed E-state index contributed by atoms with van der Waals surface area (Å²) in [4.78, 5) is 15.6. The number of rotatable bonds is 7. The average Bonchev–Trinajstić information content (AvgIpc) is 2.80. The molecule has 0 saturated heterocycles. The first kappa shape index (κ1) is 17.7. The van der Waals surface area contributed by atoms with E-state index in [9.17, 15) is 4.79 Å². The van der Waals surface area contributed by atoms with Gasteiger partial charge in [-0.05, 0) is 37.3 Å². The summed E-state index contributed by atoms with van der Waals surface area (Å²) in [6, 6.07) is 3.90. The van der Waals surface area contributed by atoms with Crippen LogP contribution in [0.15, 0.2) is 53.8 Å². The SMILES string of the molecule is COCO/C(C)=C/C=C\C(C)c1ccc2c(n1)=CC=CC(C=O)=C=2. The van der Waals surface area contributed by atoms with Crippen molar-refractivity contribution in [2.75, 3.05) is 13.9 Å². The van der Waals surface area contributed by atoms with Gasteiger partial charge in [-0.3, -0.25) is 9.78 Å². The highest BCUT2D eigenvalue weighted by molar-refractivity contribution is 5.82. The van der Waals surface area contributed by atoms with E-state index in [0.29, 0.717) is 5.57 Å². The van der Waals surface area contributed by atoms with Gasteiger partial charge in [-0.25, -0.2) is 0 Å². The topological polar surface area (TPSA) is 48.4 Å². The number of allylic oxidation sites excluding steroid dienone is 7. The van der Waals surface area contributed by atoms with Crippen LogP contribution in [0.3, 0.4) is 0 Å². The molecule has 24 heavy (non-hydrogen) atoms. The van der Waals surface area contributed by atoms with Crippen LogP contribution in [0.2, 0.25) is 0 Å². The summed E-state index contributed by atoms with van der Waals surface area (Å²) in [7, 11) is 1.59. The maximum atomic E-state index is 10.9. The zero-order valence-electron chi connectivity index (χ0n) is 14.2. The van der Waals surface area contributed by atoms with Crippen LogP contribution in [0, 0.1) is 0 Å². The lowest BCUT2D eigenvalue weighted by Crippen LogP contribution is -2.28. The maximum Gasteiger partial charge on any atom is 0.188 e. The predicted molar refractivity (Wildman–Crippen MR) is 94.4 cm³/mol. The van der Waals surface area contributed by atoms with E-state index >= 15 is 0 Å². The summed E-state index contributed by atoms with van der Waals surface area (Å²) in [5.41, 5.74) is 4.54. The van der Waals surface area contributed by atoms with E-state index in [4.69, 9.17) is 9.47 Å². The number of carbonyl (C=O) groups excluding carboxylic acids is 1. The number of carbonyl (C=O) groups is 1. The molecule has 4 nitrogen and oxygen atoms in total. The zero-order valence-corrected chi connectivity index (χ0v) is 14.2. The monoisotopic (exact) mass is 323 g/mol. The Morgan fingerprint density at radius 2 is 2.25 bits per heavy atom. The molecule has 0 radical (unpaired) electrons. The van der Waals surface area contributed by atoms with Crippen molar-refractivity contribution in [3.8, 4) is 0 Å². The second-order valence-corrected chi connectivity index (χ2v) is 5.39. The smallest absolute Gasteiger partial charge is 0.188 e. The van der Waals surface area contributed by atoms with Crippen molar-refractivity contribution in [1.82, 2.24) is 4.98 Å². The Morgan fingerprint density at radius 1 is 1.42 bits per heavy atom. The summed E-state index contributed by atoms with van der Waals surface area (Å²) in [6.07, 6.45) is 12.1. The first-order chi connectivity index (χ1) is 11.6. The number of hydrogen-bond donors (Lipinski definition) is 0. The largest absolute Gasteiger partial charge is 0.472 e. The number of methoxy groups -OCH3 is 1. The summed E-state index contributed by atoms with van der Waals surface area (Å²) in [5, 5.41) is 1.64. The van der Waals surface area contributed by atoms with E-state index in [1.165, 1.54) is 0 Å². The van der Waals surface area contributed by atoms with Gasteiger partial charge in [-0.1, -0.05) is 30.9 Å². The first-order valence-corrected chi connectivity index (χ1v) is 7.72. The van der Waals surface area contributed by atoms with Crippen molar-refractivity contribution in [2.24, 2.45) is 0 Å². The van der Waals surface area contributed by atoms with E-state index in [1.54, 1.807) is 13.2 Å². The zero-order chi connectivity index (χ0) is 17.4. The molecule has 0 saturated carbocycles. The van der Waals surface area contributed by atoms with Gasteiger partial charge < -0.3 is 9.47 Å². The lowest BCUT2D eigenvalue weighted by molar-refractivity contribution is -0.104. The molecule has 4 heteroatoms. The highest BCUT2D eigenvalue weighted by atomic mass is 16.7. The van der Waals surface area contributed by atoms with Crippen LogP contribution in [0.5, 0.6) is 0 Å². The summed E-state index contributed by atoms with van der Waals surface area (Å²) in [6.45, 7) is 4.20. The minimum absolute atomic E-state index is 0.150. The number of pyridine rings is 1. The molecule has 0 fully saturated rings. The van der Waals surface area contributed by atoms with Gasteiger partial charge in [0, 0.05) is 23.9 Å². The fourth-order valence-electron chi connectivity index (χ4n) is 2.14. The Morgan fingerprint density at radius 3 is 3.00 bits per heavy atom. The van der Waals surface area contributed by atoms with E-state index < -0.39 is 0 Å². The fourth-order valence-corrected chi connectivity index (χ4v) is 2.14. The second-order valence-electron chi connectivity index (χ2n) is 5.39. The standard InChI is InChI=1S/C20H21NO3/c1-15(6-4-7-16(2)24-14-23-3)19-11-10-18-12-17(13-22)8-5-9-20(18)21-19/h4-11,13,15H,14H2,1-3H3/b6-4-,16-7+. The van der Waals surface area contributed by atoms with Crippen LogP contribution in [-0.2, 0) is 14.3 Å². The molecule has 1 aliphatic carbocycles. The van der Waals surface area contributed by atoms with E-state index in [1.807, 2.05) is 43.4 Å². The number of aromatic nitrogens is 1. The highest BCUT2D eigenvalue weighted by Crippen LogP contribution is 2.12. The van der Waals surface area contributed by atoms with Gasteiger partial charge >= 0.3 is 0 Å². The van der Waals surface area contributed by atoms with Gasteiger partial charge in [0.15, 0.2) is 13.1 Å². The summed E-state index contributed by atoms with van der Waals surface area (Å²) in [5.74, 6) is 0.937. The fraction of sp³-hybridized carbons (Fsp3) is 0.250. The molecule has 0 amide bonds. The number of fused-ring (bicyclic) bond motifs is 1. The first-order valence-electron chi connectivity index (χ1n) is 7.72. The quantitative estimate of drug-likeness (QED) is 0.334. The van der Waals surface area contributed by atoms with Gasteiger partial charge in [-0.15, -0.1) is 0 Å². The van der Waals surface area contributed by atoms with Crippen molar-refractivity contribution in [3.63, 3.8) is 0 Å². The number of aldehydes is 1. The van der Waals surface area contributed by atoms with Gasteiger partial charge in [0.25, 0.3) is 0 Å². The molecule has 1 unspecified atom stereocenters. The predicted octanol–water partition coefficient (Wildman–Crippen LogP) is 2.12. The van der Waals surface area contributed by atoms with Gasteiger partial charge in [0.05, 0.1) is 16.7 Å². The highest BCUT2D eigenvalue weighted by Gasteiger charge is 2.03. The number of nitrogens with zero attached hydrogens (tertiary/aromatic N) is 1. The van der Waals surface area contributed by atoms with Crippen molar-refractivity contribution in [1.29, 1.82) is 0 Å². The van der Waals surface area contributed by atoms with Crippen LogP contribution in [0.4, 0.5) is 0 Å². The van der Waals surface area contributed by atoms with Gasteiger partial charge in [-0.2, -0.15) is 0 Å². The Kier molecular flexibility index (Phi) is 6.50. The molecule has 2 rings (SSSR count). The van der Waals surface area contributed by atoms with E-state index in [0.717, 1.165) is 28.3 Å². The lowest BCUT2D eigenvalue weighted by Gasteiger charge is -2.05. The third kappa shape index (κ3) is 4.92. The van der Waals surface area contributed by atoms with Gasteiger partial charge in [0.1, 0.15) is 0 Å². The molecule has 0 aromatic carbocycles. The minimum Gasteiger partial charge on any atom is -0.472 e. The Balaban J connectivity index is 2.21. The second kappa shape index (κ2) is 8.82. The molecule has 0 aliphatic heterocycles. The lowest BCUT2D eigenvalue weighted by atomic mass is 10.1. The molecule has 124 valence electrons. The Bertz CT molecular complexity index is 840. The molecule has 1 aliphatic rings. The molecule has 1 aromatic rings. The average molecular weight is 323 g/mol. The minimum atomic E-state index is 0.150. The van der Waals surface area contributed by atoms with E-state index in [2.05, 4.69) is 23.7 Å². The molecular weight excluding hydrogens is 302 g/mol. The molecule has 1 atom stereocenters.